The van der Waals surface area contributed by atoms with E-state index in [0.29, 0.717) is 5.69 Å². The van der Waals surface area contributed by atoms with Gasteiger partial charge in [0.15, 0.2) is 11.5 Å². The topological polar surface area (TPSA) is 105 Å². The van der Waals surface area contributed by atoms with E-state index in [4.69, 9.17) is 9.47 Å². The number of hydrogen-bond donors (Lipinski definition) is 0. The van der Waals surface area contributed by atoms with Crippen LogP contribution in [0.1, 0.15) is 23.1 Å². The van der Waals surface area contributed by atoms with E-state index in [0.717, 1.165) is 0 Å². The Labute approximate surface area is 108 Å². The van der Waals surface area contributed by atoms with Gasteiger partial charge in [0.05, 0.1) is 19.9 Å². The summed E-state index contributed by atoms with van der Waals surface area (Å²) in [7, 11) is 2.85. The Hall–Kier alpha value is -2.58. The second kappa shape index (κ2) is 4.96. The van der Waals surface area contributed by atoms with Crippen LogP contribution in [0.4, 0.5) is 0 Å². The summed E-state index contributed by atoms with van der Waals surface area (Å²) in [5, 5.41) is 7.62. The van der Waals surface area contributed by atoms with Gasteiger partial charge in [-0.1, -0.05) is 5.21 Å². The molecule has 0 aliphatic rings. The molecule has 0 aliphatic heterocycles. The van der Waals surface area contributed by atoms with Gasteiger partial charge in [0.2, 0.25) is 0 Å². The highest BCUT2D eigenvalue weighted by atomic mass is 16.5. The van der Waals surface area contributed by atoms with E-state index in [2.05, 4.69) is 25.3 Å². The van der Waals surface area contributed by atoms with Gasteiger partial charge >= 0.3 is 12.0 Å². The Balaban J connectivity index is 2.55. The molecular formula is C10H12N6O3. The third-order valence-corrected chi connectivity index (χ3v) is 2.37. The number of hydrogen-bond acceptors (Lipinski definition) is 8. The molecule has 0 atom stereocenters. The maximum Gasteiger partial charge on any atom is 0.324 e. The Morgan fingerprint density at radius 1 is 1.11 bits per heavy atom. The van der Waals surface area contributed by atoms with Crippen LogP contribution in [0.2, 0.25) is 0 Å². The maximum absolute atomic E-state index is 11.3. The van der Waals surface area contributed by atoms with Crippen LogP contribution in [0.15, 0.2) is 0 Å². The molecular weight excluding hydrogens is 252 g/mol. The molecule has 2 aromatic rings. The summed E-state index contributed by atoms with van der Waals surface area (Å²) in [6, 6.07) is 0.169. The van der Waals surface area contributed by atoms with E-state index >= 15 is 0 Å². The normalized spacial score (nSPS) is 10.3. The van der Waals surface area contributed by atoms with Crippen LogP contribution in [-0.2, 0) is 0 Å². The summed E-state index contributed by atoms with van der Waals surface area (Å²) in [4.78, 5) is 23.3. The van der Waals surface area contributed by atoms with E-state index in [1.165, 1.54) is 25.8 Å². The molecule has 0 saturated heterocycles. The molecule has 0 radical (unpaired) electrons. The van der Waals surface area contributed by atoms with Gasteiger partial charge in [0.25, 0.3) is 5.95 Å². The number of methoxy groups -OCH3 is 2. The van der Waals surface area contributed by atoms with E-state index in [9.17, 15) is 4.79 Å². The van der Waals surface area contributed by atoms with Crippen LogP contribution in [0.25, 0.3) is 5.95 Å². The number of aromatic nitrogens is 6. The minimum Gasteiger partial charge on any atom is -0.467 e. The van der Waals surface area contributed by atoms with Gasteiger partial charge in [-0.05, 0) is 6.92 Å². The van der Waals surface area contributed by atoms with Gasteiger partial charge in [-0.3, -0.25) is 4.79 Å². The van der Waals surface area contributed by atoms with Crippen LogP contribution in [-0.4, -0.2) is 49.9 Å². The molecule has 0 N–H and O–H groups in total. The van der Waals surface area contributed by atoms with E-state index in [-0.39, 0.29) is 29.4 Å². The summed E-state index contributed by atoms with van der Waals surface area (Å²) in [6.45, 7) is 3.11. The number of rotatable bonds is 4. The van der Waals surface area contributed by atoms with Crippen LogP contribution in [0, 0.1) is 6.92 Å². The first-order valence-corrected chi connectivity index (χ1v) is 5.34. The summed E-state index contributed by atoms with van der Waals surface area (Å²) in [6.07, 6.45) is 0. The number of carbonyl (C=O) groups excluding carboxylic acids is 1. The van der Waals surface area contributed by atoms with E-state index in [1.54, 1.807) is 6.92 Å². The lowest BCUT2D eigenvalue weighted by atomic mass is 10.2. The molecule has 0 unspecified atom stereocenters. The van der Waals surface area contributed by atoms with Gasteiger partial charge in [-0.15, -0.1) is 10.1 Å². The number of nitrogens with zero attached hydrogens (tertiary/aromatic N) is 6. The zero-order chi connectivity index (χ0) is 14.0. The summed E-state index contributed by atoms with van der Waals surface area (Å²) >= 11 is 0. The third-order valence-electron chi connectivity index (χ3n) is 2.37. The number of ether oxygens (including phenoxy) is 2. The van der Waals surface area contributed by atoms with Crippen molar-refractivity contribution in [3.05, 3.63) is 11.4 Å². The highest BCUT2D eigenvalue weighted by Crippen LogP contribution is 2.14. The van der Waals surface area contributed by atoms with Crippen molar-refractivity contribution in [1.82, 2.24) is 29.9 Å². The molecule has 0 aliphatic carbocycles. The van der Waals surface area contributed by atoms with Gasteiger partial charge < -0.3 is 9.47 Å². The summed E-state index contributed by atoms with van der Waals surface area (Å²) in [5.74, 6) is -0.0158. The highest BCUT2D eigenvalue weighted by Gasteiger charge is 2.17. The fourth-order valence-corrected chi connectivity index (χ4v) is 1.45. The molecule has 2 heterocycles. The SMILES string of the molecule is COc1nc(OC)nc(-n2nnc(C(C)=O)c2C)n1. The molecule has 2 rings (SSSR count). The molecule has 19 heavy (non-hydrogen) atoms. The van der Waals surface area contributed by atoms with Crippen molar-refractivity contribution in [1.29, 1.82) is 0 Å². The quantitative estimate of drug-likeness (QED) is 0.709. The Kier molecular flexibility index (Phi) is 3.36. The Morgan fingerprint density at radius 3 is 2.11 bits per heavy atom. The first-order valence-electron chi connectivity index (χ1n) is 5.34. The standard InChI is InChI=1S/C10H12N6O3/c1-5-7(6(2)17)14-15-16(5)8-11-9(18-3)13-10(12-8)19-4/h1-4H3. The van der Waals surface area contributed by atoms with E-state index < -0.39 is 0 Å². The second-order valence-corrected chi connectivity index (χ2v) is 3.60. The highest BCUT2D eigenvalue weighted by molar-refractivity contribution is 5.93. The zero-order valence-corrected chi connectivity index (χ0v) is 10.9. The van der Waals surface area contributed by atoms with Crippen LogP contribution < -0.4 is 9.47 Å². The molecule has 2 aromatic heterocycles. The average molecular weight is 264 g/mol. The number of ketones is 1. The molecule has 0 saturated carbocycles. The van der Waals surface area contributed by atoms with Crippen molar-refractivity contribution in [2.75, 3.05) is 14.2 Å². The number of Topliss-reactive ketones (excluding diaryl/α,β-unsaturated/α-hetero) is 1. The first-order chi connectivity index (χ1) is 9.06. The molecule has 9 nitrogen and oxygen atoms in total. The van der Waals surface area contributed by atoms with Crippen molar-refractivity contribution in [3.63, 3.8) is 0 Å². The molecule has 0 spiro atoms. The van der Waals surface area contributed by atoms with Gasteiger partial charge in [0.1, 0.15) is 0 Å². The second-order valence-electron chi connectivity index (χ2n) is 3.60. The summed E-state index contributed by atoms with van der Waals surface area (Å²) in [5.41, 5.74) is 0.793. The minimum atomic E-state index is -0.184. The smallest absolute Gasteiger partial charge is 0.324 e. The van der Waals surface area contributed by atoms with Crippen LogP contribution in [0.5, 0.6) is 12.0 Å². The van der Waals surface area contributed by atoms with Crippen LogP contribution in [0.3, 0.4) is 0 Å². The predicted octanol–water partition coefficient (Wildman–Crippen LogP) is -0.0195. The van der Waals surface area contributed by atoms with Crippen molar-refractivity contribution in [2.24, 2.45) is 0 Å². The minimum absolute atomic E-state index is 0.0844. The molecule has 100 valence electrons. The molecule has 0 aromatic carbocycles. The van der Waals surface area contributed by atoms with Gasteiger partial charge in [-0.2, -0.15) is 14.6 Å². The fraction of sp³-hybridized carbons (Fsp3) is 0.400. The predicted molar refractivity (Wildman–Crippen MR) is 62.6 cm³/mol. The fourth-order valence-electron chi connectivity index (χ4n) is 1.45. The lowest BCUT2D eigenvalue weighted by Crippen LogP contribution is -2.09. The first kappa shape index (κ1) is 12.9. The monoisotopic (exact) mass is 264 g/mol. The van der Waals surface area contributed by atoms with E-state index in [1.807, 2.05) is 0 Å². The lowest BCUT2D eigenvalue weighted by Gasteiger charge is -2.05. The van der Waals surface area contributed by atoms with Crippen LogP contribution >= 0.6 is 0 Å². The van der Waals surface area contributed by atoms with Crippen molar-refractivity contribution in [2.45, 2.75) is 13.8 Å². The Bertz CT molecular complexity index is 601. The Morgan fingerprint density at radius 2 is 1.68 bits per heavy atom. The molecule has 0 fully saturated rings. The summed E-state index contributed by atoms with van der Waals surface area (Å²) < 4.78 is 11.2. The van der Waals surface area contributed by atoms with Gasteiger partial charge in [-0.25, -0.2) is 0 Å². The van der Waals surface area contributed by atoms with Gasteiger partial charge in [0, 0.05) is 6.92 Å². The third kappa shape index (κ3) is 2.34. The number of carbonyl (C=O) groups is 1. The van der Waals surface area contributed by atoms with Crippen molar-refractivity contribution < 1.29 is 14.3 Å². The maximum atomic E-state index is 11.3. The largest absolute Gasteiger partial charge is 0.467 e. The molecule has 9 heteroatoms. The molecule has 0 amide bonds. The lowest BCUT2D eigenvalue weighted by molar-refractivity contribution is 0.101. The molecule has 0 bridgehead atoms. The zero-order valence-electron chi connectivity index (χ0n) is 10.9. The average Bonchev–Trinajstić information content (AvgIpc) is 2.80. The van der Waals surface area contributed by atoms with Crippen molar-refractivity contribution >= 4 is 5.78 Å². The van der Waals surface area contributed by atoms with Crippen molar-refractivity contribution in [3.8, 4) is 18.0 Å².